The van der Waals surface area contributed by atoms with Crippen molar-refractivity contribution in [3.63, 3.8) is 0 Å². The molecule has 0 N–H and O–H groups in total. The lowest BCUT2D eigenvalue weighted by Gasteiger charge is -2.11. The third kappa shape index (κ3) is 8.10. The molecule has 0 aromatic carbocycles. The highest BCUT2D eigenvalue weighted by atomic mass is 14.1. The first-order valence-electron chi connectivity index (χ1n) is 5.46. The van der Waals surface area contributed by atoms with Crippen LogP contribution in [0.4, 0.5) is 0 Å². The zero-order chi connectivity index (χ0) is 9.40. The van der Waals surface area contributed by atoms with Gasteiger partial charge in [-0.2, -0.15) is 0 Å². The van der Waals surface area contributed by atoms with Crippen LogP contribution in [0.2, 0.25) is 0 Å². The normalized spacial score (nSPS) is 13.8. The molecule has 0 amide bonds. The number of unbranched alkanes of at least 4 members (excludes halogenated alkanes) is 1. The first-order valence-corrected chi connectivity index (χ1v) is 5.46. The lowest BCUT2D eigenvalue weighted by molar-refractivity contribution is 0.428. The van der Waals surface area contributed by atoms with Crippen LogP contribution < -0.4 is 0 Å². The van der Waals surface area contributed by atoms with Crippen molar-refractivity contribution in [2.24, 2.45) is 11.8 Å². The van der Waals surface area contributed by atoms with E-state index in [-0.39, 0.29) is 0 Å². The predicted molar refractivity (Wildman–Crippen MR) is 57.1 cm³/mol. The topological polar surface area (TPSA) is 0 Å². The van der Waals surface area contributed by atoms with Gasteiger partial charge in [0.25, 0.3) is 0 Å². The van der Waals surface area contributed by atoms with E-state index in [1.54, 1.807) is 0 Å². The van der Waals surface area contributed by atoms with Gasteiger partial charge in [0.15, 0.2) is 0 Å². The molecule has 0 bridgehead atoms. The van der Waals surface area contributed by atoms with Crippen LogP contribution in [0.25, 0.3) is 0 Å². The zero-order valence-electron chi connectivity index (χ0n) is 9.10. The average molecular weight is 169 g/mol. The van der Waals surface area contributed by atoms with Crippen molar-refractivity contribution in [2.45, 2.75) is 59.3 Å². The Balaban J connectivity index is 3.13. The van der Waals surface area contributed by atoms with Crippen LogP contribution in [0.3, 0.4) is 0 Å². The summed E-state index contributed by atoms with van der Waals surface area (Å²) in [6.45, 7) is 10.8. The van der Waals surface area contributed by atoms with Gasteiger partial charge in [0.05, 0.1) is 0 Å². The monoisotopic (exact) mass is 169 g/mol. The molecule has 0 saturated heterocycles. The number of hydrogen-bond donors (Lipinski definition) is 0. The number of hydrogen-bond acceptors (Lipinski definition) is 0. The molecule has 0 rings (SSSR count). The van der Waals surface area contributed by atoms with Gasteiger partial charge in [0.1, 0.15) is 0 Å². The molecule has 12 heavy (non-hydrogen) atoms. The first-order chi connectivity index (χ1) is 5.66. The van der Waals surface area contributed by atoms with E-state index in [0.717, 1.165) is 18.3 Å². The summed E-state index contributed by atoms with van der Waals surface area (Å²) in [6.07, 6.45) is 8.02. The summed E-state index contributed by atoms with van der Waals surface area (Å²) in [5, 5.41) is 0. The Hall–Kier alpha value is 0. The largest absolute Gasteiger partial charge is 0.0628 e. The fourth-order valence-electron chi connectivity index (χ4n) is 1.51. The molecule has 0 saturated carbocycles. The molecule has 0 aliphatic carbocycles. The van der Waals surface area contributed by atoms with Gasteiger partial charge in [-0.1, -0.05) is 66.2 Å². The van der Waals surface area contributed by atoms with Gasteiger partial charge in [0, 0.05) is 0 Å². The molecule has 0 aliphatic rings. The molecular formula is C12H25. The maximum Gasteiger partial charge on any atom is -0.0443 e. The predicted octanol–water partition coefficient (Wildman–Crippen LogP) is 4.45. The first kappa shape index (κ1) is 12.0. The van der Waals surface area contributed by atoms with Crippen molar-refractivity contribution in [2.75, 3.05) is 0 Å². The van der Waals surface area contributed by atoms with Crippen LogP contribution in [0, 0.1) is 18.8 Å². The van der Waals surface area contributed by atoms with Gasteiger partial charge in [0.2, 0.25) is 0 Å². The summed E-state index contributed by atoms with van der Waals surface area (Å²) in [4.78, 5) is 0. The molecular weight excluding hydrogens is 144 g/mol. The minimum Gasteiger partial charge on any atom is -0.0628 e. The fourth-order valence-corrected chi connectivity index (χ4v) is 1.51. The second-order valence-corrected chi connectivity index (χ2v) is 4.43. The van der Waals surface area contributed by atoms with Gasteiger partial charge in [-0.15, -0.1) is 0 Å². The highest BCUT2D eigenvalue weighted by Gasteiger charge is 2.01. The molecule has 0 nitrogen and oxygen atoms in total. The Morgan fingerprint density at radius 1 is 0.917 bits per heavy atom. The number of rotatable bonds is 7. The summed E-state index contributed by atoms with van der Waals surface area (Å²) in [6, 6.07) is 0. The second-order valence-electron chi connectivity index (χ2n) is 4.43. The molecule has 0 aliphatic heterocycles. The maximum absolute atomic E-state index is 3.87. The third-order valence-corrected chi connectivity index (χ3v) is 2.43. The Morgan fingerprint density at radius 3 is 2.00 bits per heavy atom. The van der Waals surface area contributed by atoms with E-state index in [0.29, 0.717) is 0 Å². The Bertz CT molecular complexity index is 84.0. The third-order valence-electron chi connectivity index (χ3n) is 2.43. The summed E-state index contributed by atoms with van der Waals surface area (Å²) in [7, 11) is 0. The molecule has 0 aromatic heterocycles. The summed E-state index contributed by atoms with van der Waals surface area (Å²) < 4.78 is 0. The molecule has 0 aromatic rings. The maximum atomic E-state index is 3.87. The zero-order valence-corrected chi connectivity index (χ0v) is 9.10. The minimum absolute atomic E-state index is 0.880. The van der Waals surface area contributed by atoms with Crippen LogP contribution in [0.1, 0.15) is 59.3 Å². The molecule has 1 atom stereocenters. The molecule has 1 radical (unpaired) electrons. The van der Waals surface area contributed by atoms with Crippen molar-refractivity contribution in [1.29, 1.82) is 0 Å². The van der Waals surface area contributed by atoms with Crippen LogP contribution >= 0.6 is 0 Å². The van der Waals surface area contributed by atoms with E-state index in [9.17, 15) is 0 Å². The fraction of sp³-hybridized carbons (Fsp3) is 0.917. The molecule has 0 spiro atoms. The van der Waals surface area contributed by atoms with E-state index in [1.165, 1.54) is 32.1 Å². The van der Waals surface area contributed by atoms with E-state index in [1.807, 2.05) is 0 Å². The van der Waals surface area contributed by atoms with Gasteiger partial charge in [-0.25, -0.2) is 0 Å². The van der Waals surface area contributed by atoms with Crippen LogP contribution in [0.5, 0.6) is 0 Å². The van der Waals surface area contributed by atoms with Crippen LogP contribution in [-0.2, 0) is 0 Å². The molecule has 0 heterocycles. The van der Waals surface area contributed by atoms with E-state index in [2.05, 4.69) is 27.7 Å². The van der Waals surface area contributed by atoms with Gasteiger partial charge in [-0.05, 0) is 11.8 Å². The summed E-state index contributed by atoms with van der Waals surface area (Å²) >= 11 is 0. The molecule has 0 heteroatoms. The van der Waals surface area contributed by atoms with E-state index in [4.69, 9.17) is 0 Å². The molecule has 0 fully saturated rings. The highest BCUT2D eigenvalue weighted by Crippen LogP contribution is 2.16. The van der Waals surface area contributed by atoms with E-state index < -0.39 is 0 Å². The Labute approximate surface area is 78.8 Å². The SMILES string of the molecule is [CH2]CCCC(C)CCCC(C)C. The standard InChI is InChI=1S/C12H25/c1-5-6-9-12(4)10-7-8-11(2)3/h11-12H,1,5-10H2,2-4H3. The summed E-state index contributed by atoms with van der Waals surface area (Å²) in [5.74, 6) is 1.80. The van der Waals surface area contributed by atoms with Crippen molar-refractivity contribution in [3.8, 4) is 0 Å². The lowest BCUT2D eigenvalue weighted by atomic mass is 9.96. The Morgan fingerprint density at radius 2 is 1.50 bits per heavy atom. The highest BCUT2D eigenvalue weighted by molar-refractivity contribution is 4.56. The molecule has 73 valence electrons. The quantitative estimate of drug-likeness (QED) is 0.528. The lowest BCUT2D eigenvalue weighted by Crippen LogP contribution is -1.96. The van der Waals surface area contributed by atoms with Gasteiger partial charge in [-0.3, -0.25) is 0 Å². The smallest absolute Gasteiger partial charge is 0.0443 e. The minimum atomic E-state index is 0.880. The Kier molecular flexibility index (Phi) is 7.64. The van der Waals surface area contributed by atoms with Crippen molar-refractivity contribution in [1.82, 2.24) is 0 Å². The van der Waals surface area contributed by atoms with Crippen molar-refractivity contribution < 1.29 is 0 Å². The average Bonchev–Trinajstić information content (AvgIpc) is 2.00. The second kappa shape index (κ2) is 7.64. The van der Waals surface area contributed by atoms with Gasteiger partial charge >= 0.3 is 0 Å². The van der Waals surface area contributed by atoms with Crippen LogP contribution in [0.15, 0.2) is 0 Å². The van der Waals surface area contributed by atoms with Crippen molar-refractivity contribution >= 4 is 0 Å². The van der Waals surface area contributed by atoms with Crippen LogP contribution in [-0.4, -0.2) is 0 Å². The van der Waals surface area contributed by atoms with Crippen molar-refractivity contribution in [3.05, 3.63) is 6.92 Å². The summed E-state index contributed by atoms with van der Waals surface area (Å²) in [5.41, 5.74) is 0. The van der Waals surface area contributed by atoms with E-state index >= 15 is 0 Å². The van der Waals surface area contributed by atoms with Gasteiger partial charge < -0.3 is 0 Å². The molecule has 1 unspecified atom stereocenters.